The van der Waals surface area contributed by atoms with Crippen molar-refractivity contribution in [2.75, 3.05) is 7.11 Å². The van der Waals surface area contributed by atoms with Gasteiger partial charge in [-0.15, -0.1) is 0 Å². The zero-order chi connectivity index (χ0) is 15.6. The van der Waals surface area contributed by atoms with Crippen LogP contribution in [0.2, 0.25) is 0 Å². The molecule has 0 aliphatic carbocycles. The minimum Gasteiger partial charge on any atom is -0.495 e. The smallest absolute Gasteiger partial charge is 0.238 e. The van der Waals surface area contributed by atoms with E-state index in [2.05, 4.69) is 15.0 Å². The van der Waals surface area contributed by atoms with Crippen LogP contribution in [0.4, 0.5) is 0 Å². The van der Waals surface area contributed by atoms with Crippen molar-refractivity contribution in [2.45, 2.75) is 6.61 Å². The molecule has 0 spiro atoms. The monoisotopic (exact) mass is 306 g/mol. The van der Waals surface area contributed by atoms with Gasteiger partial charge in [-0.25, -0.2) is 4.98 Å². The molecule has 0 unspecified atom stereocenters. The molecule has 3 heterocycles. The van der Waals surface area contributed by atoms with E-state index in [9.17, 15) is 0 Å². The molecule has 6 nitrogen and oxygen atoms in total. The van der Waals surface area contributed by atoms with Crippen molar-refractivity contribution in [1.29, 1.82) is 0 Å². The van der Waals surface area contributed by atoms with Gasteiger partial charge < -0.3 is 9.47 Å². The first-order valence-electron chi connectivity index (χ1n) is 7.19. The van der Waals surface area contributed by atoms with Gasteiger partial charge in [-0.2, -0.15) is 4.98 Å². The van der Waals surface area contributed by atoms with Crippen molar-refractivity contribution in [1.82, 2.24) is 19.4 Å². The van der Waals surface area contributed by atoms with Crippen LogP contribution in [0.1, 0.15) is 5.69 Å². The molecule has 0 atom stereocenters. The molecule has 23 heavy (non-hydrogen) atoms. The normalized spacial score (nSPS) is 11.0. The Morgan fingerprint density at radius 2 is 1.96 bits per heavy atom. The van der Waals surface area contributed by atoms with E-state index in [4.69, 9.17) is 9.47 Å². The van der Waals surface area contributed by atoms with Gasteiger partial charge in [0, 0.05) is 12.3 Å². The van der Waals surface area contributed by atoms with Gasteiger partial charge in [-0.05, 0) is 24.3 Å². The van der Waals surface area contributed by atoms with Gasteiger partial charge in [-0.1, -0.05) is 12.1 Å². The summed E-state index contributed by atoms with van der Waals surface area (Å²) in [6.45, 7) is 0.341. The molecular formula is C17H14N4O2. The summed E-state index contributed by atoms with van der Waals surface area (Å²) in [6, 6.07) is 13.5. The molecule has 3 aromatic heterocycles. The number of benzene rings is 1. The highest BCUT2D eigenvalue weighted by Gasteiger charge is 2.06. The van der Waals surface area contributed by atoms with Crippen molar-refractivity contribution < 1.29 is 9.47 Å². The van der Waals surface area contributed by atoms with Gasteiger partial charge in [0.25, 0.3) is 0 Å². The van der Waals surface area contributed by atoms with Crippen molar-refractivity contribution in [2.24, 2.45) is 0 Å². The zero-order valence-electron chi connectivity index (χ0n) is 12.5. The number of pyridine rings is 1. The Labute approximate surface area is 132 Å². The predicted octanol–water partition coefficient (Wildman–Crippen LogP) is 2.87. The maximum atomic E-state index is 5.70. The Morgan fingerprint density at radius 1 is 1.04 bits per heavy atom. The second-order valence-corrected chi connectivity index (χ2v) is 5.01. The Kier molecular flexibility index (Phi) is 3.27. The molecule has 0 fully saturated rings. The fourth-order valence-corrected chi connectivity index (χ4v) is 2.38. The lowest BCUT2D eigenvalue weighted by Gasteiger charge is -2.05. The number of hydrogen-bond donors (Lipinski definition) is 0. The van der Waals surface area contributed by atoms with E-state index in [1.807, 2.05) is 53.1 Å². The van der Waals surface area contributed by atoms with Crippen LogP contribution < -0.4 is 9.47 Å². The van der Waals surface area contributed by atoms with Gasteiger partial charge in [0.15, 0.2) is 0 Å². The minimum atomic E-state index is 0.341. The number of hydrogen-bond acceptors (Lipinski definition) is 5. The fraction of sp³-hybridized carbons (Fsp3) is 0.118. The number of methoxy groups -OCH3 is 1. The summed E-state index contributed by atoms with van der Waals surface area (Å²) in [5.41, 5.74) is 2.74. The summed E-state index contributed by atoms with van der Waals surface area (Å²) in [5, 5.41) is 0. The molecule has 0 saturated heterocycles. The van der Waals surface area contributed by atoms with Crippen molar-refractivity contribution >= 4 is 16.8 Å². The van der Waals surface area contributed by atoms with Crippen LogP contribution in [0.15, 0.2) is 54.9 Å². The molecule has 0 saturated carbocycles. The van der Waals surface area contributed by atoms with Crippen LogP contribution in [0, 0.1) is 0 Å². The summed E-state index contributed by atoms with van der Waals surface area (Å²) in [5.74, 6) is 1.86. The van der Waals surface area contributed by atoms with Crippen LogP contribution in [-0.2, 0) is 6.61 Å². The highest BCUT2D eigenvalue weighted by atomic mass is 16.5. The van der Waals surface area contributed by atoms with Crippen molar-refractivity contribution in [3.8, 4) is 11.6 Å². The third kappa shape index (κ3) is 2.55. The van der Waals surface area contributed by atoms with Gasteiger partial charge in [-0.3, -0.25) is 9.38 Å². The quantitative estimate of drug-likeness (QED) is 0.580. The number of ether oxygens (including phenoxy) is 2. The van der Waals surface area contributed by atoms with Crippen molar-refractivity contribution in [3.05, 3.63) is 60.6 Å². The van der Waals surface area contributed by atoms with Gasteiger partial charge in [0.05, 0.1) is 30.0 Å². The Balaban J connectivity index is 1.57. The highest BCUT2D eigenvalue weighted by molar-refractivity contribution is 5.79. The van der Waals surface area contributed by atoms with E-state index in [-0.39, 0.29) is 0 Å². The van der Waals surface area contributed by atoms with E-state index in [0.29, 0.717) is 18.3 Å². The van der Waals surface area contributed by atoms with E-state index in [1.54, 1.807) is 13.3 Å². The third-order valence-corrected chi connectivity index (χ3v) is 3.55. The fourth-order valence-electron chi connectivity index (χ4n) is 2.38. The minimum absolute atomic E-state index is 0.341. The Morgan fingerprint density at radius 3 is 2.78 bits per heavy atom. The average Bonchev–Trinajstić information content (AvgIpc) is 2.98. The first kappa shape index (κ1) is 13.5. The van der Waals surface area contributed by atoms with E-state index < -0.39 is 0 Å². The SMILES string of the molecule is COc1ccc(COc2ccn3c(n2)nc2ccccc23)nc1. The molecule has 0 aliphatic rings. The lowest BCUT2D eigenvalue weighted by atomic mass is 10.3. The van der Waals surface area contributed by atoms with E-state index in [1.165, 1.54) is 0 Å². The van der Waals surface area contributed by atoms with Gasteiger partial charge in [0.2, 0.25) is 11.7 Å². The first-order valence-corrected chi connectivity index (χ1v) is 7.19. The maximum absolute atomic E-state index is 5.70. The maximum Gasteiger partial charge on any atom is 0.238 e. The van der Waals surface area contributed by atoms with Crippen LogP contribution in [0.25, 0.3) is 16.8 Å². The number of rotatable bonds is 4. The summed E-state index contributed by atoms with van der Waals surface area (Å²) in [4.78, 5) is 13.2. The summed E-state index contributed by atoms with van der Waals surface area (Å²) in [7, 11) is 1.61. The van der Waals surface area contributed by atoms with Crippen LogP contribution in [-0.4, -0.2) is 26.5 Å². The first-order chi connectivity index (χ1) is 11.3. The second-order valence-electron chi connectivity index (χ2n) is 5.01. The van der Waals surface area contributed by atoms with Crippen LogP contribution >= 0.6 is 0 Å². The zero-order valence-corrected chi connectivity index (χ0v) is 12.5. The molecule has 4 aromatic rings. The second kappa shape index (κ2) is 5.57. The molecular weight excluding hydrogens is 292 g/mol. The number of fused-ring (bicyclic) bond motifs is 3. The average molecular weight is 306 g/mol. The Hall–Kier alpha value is -3.15. The molecule has 1 aromatic carbocycles. The lowest BCUT2D eigenvalue weighted by Crippen LogP contribution is -2.01. The summed E-state index contributed by atoms with van der Waals surface area (Å²) >= 11 is 0. The standard InChI is InChI=1S/C17H14N4O2/c1-22-13-7-6-12(18-10-13)11-23-16-8-9-21-15-5-3-2-4-14(15)19-17(21)20-16/h2-10H,11H2,1H3. The largest absolute Gasteiger partial charge is 0.495 e. The Bertz CT molecular complexity index is 963. The molecule has 114 valence electrons. The van der Waals surface area contributed by atoms with Gasteiger partial charge >= 0.3 is 0 Å². The van der Waals surface area contributed by atoms with Crippen LogP contribution in [0.3, 0.4) is 0 Å². The molecule has 4 rings (SSSR count). The number of imidazole rings is 1. The lowest BCUT2D eigenvalue weighted by molar-refractivity contribution is 0.289. The summed E-state index contributed by atoms with van der Waals surface area (Å²) < 4.78 is 12.7. The predicted molar refractivity (Wildman–Crippen MR) is 85.6 cm³/mol. The molecule has 0 amide bonds. The number of aromatic nitrogens is 4. The van der Waals surface area contributed by atoms with Crippen molar-refractivity contribution in [3.63, 3.8) is 0 Å². The highest BCUT2D eigenvalue weighted by Crippen LogP contribution is 2.18. The third-order valence-electron chi connectivity index (χ3n) is 3.55. The molecule has 0 radical (unpaired) electrons. The molecule has 0 bridgehead atoms. The topological polar surface area (TPSA) is 61.5 Å². The van der Waals surface area contributed by atoms with E-state index in [0.717, 1.165) is 22.5 Å². The van der Waals surface area contributed by atoms with E-state index >= 15 is 0 Å². The summed E-state index contributed by atoms with van der Waals surface area (Å²) in [6.07, 6.45) is 3.57. The molecule has 0 aliphatic heterocycles. The van der Waals surface area contributed by atoms with Crippen LogP contribution in [0.5, 0.6) is 11.6 Å². The molecule has 6 heteroatoms. The number of para-hydroxylation sites is 2. The number of nitrogens with zero attached hydrogens (tertiary/aromatic N) is 4. The van der Waals surface area contributed by atoms with Gasteiger partial charge in [0.1, 0.15) is 12.4 Å². The molecule has 0 N–H and O–H groups in total.